The fraction of sp³-hybridized carbons (Fsp3) is 1.00. The number of piperidine rings is 2. The minimum atomic E-state index is 1.02. The van der Waals surface area contributed by atoms with Crippen LogP contribution in [0.25, 0.3) is 0 Å². The van der Waals surface area contributed by atoms with Crippen LogP contribution in [-0.2, 0) is 0 Å². The van der Waals surface area contributed by atoms with Gasteiger partial charge in [0.25, 0.3) is 0 Å². The topological polar surface area (TPSA) is 21.1 Å². The van der Waals surface area contributed by atoms with Gasteiger partial charge in [-0.25, -0.2) is 0 Å². The maximum Gasteiger partial charge on any atom is 0.0983 e. The molecule has 70 valence electrons. The van der Waals surface area contributed by atoms with Gasteiger partial charge in [-0.05, 0) is 19.3 Å². The predicted molar refractivity (Wildman–Crippen MR) is 49.2 cm³/mol. The van der Waals surface area contributed by atoms with Crippen molar-refractivity contribution in [1.29, 1.82) is 0 Å². The van der Waals surface area contributed by atoms with E-state index in [2.05, 4.69) is 5.32 Å². The minimum Gasteiger partial charge on any atom is -0.346 e. The molecule has 0 aromatic rings. The van der Waals surface area contributed by atoms with Crippen molar-refractivity contribution < 1.29 is 10.2 Å². The lowest BCUT2D eigenvalue weighted by molar-refractivity contribution is -0.937. The molecule has 2 nitrogen and oxygen atoms in total. The summed E-state index contributed by atoms with van der Waals surface area (Å²) in [6.07, 6.45) is 7.39. The minimum absolute atomic E-state index is 1.02. The number of nitrogens with one attached hydrogen (secondary N) is 1. The van der Waals surface area contributed by atoms with Gasteiger partial charge in [0.2, 0.25) is 0 Å². The monoisotopic (exact) mass is 170 g/mol. The summed E-state index contributed by atoms with van der Waals surface area (Å²) in [5.74, 6) is 0. The molecule has 0 spiro atoms. The van der Waals surface area contributed by atoms with Crippen molar-refractivity contribution in [2.75, 3.05) is 26.2 Å². The molecule has 2 aliphatic rings. The van der Waals surface area contributed by atoms with E-state index in [0.29, 0.717) is 0 Å². The van der Waals surface area contributed by atoms with E-state index in [1.165, 1.54) is 58.3 Å². The zero-order valence-electron chi connectivity index (χ0n) is 8.02. The predicted octanol–water partition coefficient (Wildman–Crippen LogP) is -1.22. The van der Waals surface area contributed by atoms with Gasteiger partial charge in [0.05, 0.1) is 32.2 Å². The van der Waals surface area contributed by atoms with Gasteiger partial charge < -0.3 is 10.2 Å². The molecular weight excluding hydrogens is 148 g/mol. The Morgan fingerprint density at radius 1 is 0.917 bits per heavy atom. The van der Waals surface area contributed by atoms with Crippen LogP contribution >= 0.6 is 0 Å². The van der Waals surface area contributed by atoms with Crippen molar-refractivity contribution in [3.63, 3.8) is 0 Å². The van der Waals surface area contributed by atoms with Crippen LogP contribution in [0.2, 0.25) is 0 Å². The van der Waals surface area contributed by atoms with Gasteiger partial charge in [0.1, 0.15) is 0 Å². The van der Waals surface area contributed by atoms with E-state index in [4.69, 9.17) is 0 Å². The second-order valence-electron chi connectivity index (χ2n) is 4.36. The van der Waals surface area contributed by atoms with Crippen molar-refractivity contribution in [1.82, 2.24) is 0 Å². The average molecular weight is 170 g/mol. The molecule has 2 rings (SSSR count). The summed E-state index contributed by atoms with van der Waals surface area (Å²) in [4.78, 5) is 1.93. The van der Waals surface area contributed by atoms with Crippen molar-refractivity contribution in [2.45, 2.75) is 38.1 Å². The van der Waals surface area contributed by atoms with Crippen LogP contribution in [0.3, 0.4) is 0 Å². The first-order valence-electron chi connectivity index (χ1n) is 5.63. The molecule has 2 fully saturated rings. The summed E-state index contributed by atoms with van der Waals surface area (Å²) in [5, 5.41) is 2.47. The van der Waals surface area contributed by atoms with Crippen LogP contribution in [0, 0.1) is 0 Å². The average Bonchev–Trinajstić information content (AvgIpc) is 2.21. The van der Waals surface area contributed by atoms with E-state index in [1.807, 2.05) is 4.90 Å². The third-order valence-corrected chi connectivity index (χ3v) is 3.51. The van der Waals surface area contributed by atoms with E-state index in [1.54, 1.807) is 0 Å². The molecule has 3 N–H and O–H groups in total. The summed E-state index contributed by atoms with van der Waals surface area (Å²) >= 11 is 0. The Balaban J connectivity index is 1.80. The summed E-state index contributed by atoms with van der Waals surface area (Å²) in [5.41, 5.74) is 0. The molecule has 12 heavy (non-hydrogen) atoms. The normalized spacial score (nSPS) is 29.0. The van der Waals surface area contributed by atoms with Crippen LogP contribution in [0.4, 0.5) is 0 Å². The highest BCUT2D eigenvalue weighted by Crippen LogP contribution is 2.00. The number of rotatable bonds is 1. The Labute approximate surface area is 75.3 Å². The zero-order chi connectivity index (χ0) is 8.23. The van der Waals surface area contributed by atoms with Crippen molar-refractivity contribution in [3.05, 3.63) is 0 Å². The molecule has 0 aromatic heterocycles. The smallest absolute Gasteiger partial charge is 0.0983 e. The van der Waals surface area contributed by atoms with Crippen LogP contribution < -0.4 is 10.2 Å². The summed E-state index contributed by atoms with van der Waals surface area (Å²) < 4.78 is 0. The van der Waals surface area contributed by atoms with Gasteiger partial charge in [0.15, 0.2) is 0 Å². The fourth-order valence-electron chi connectivity index (χ4n) is 2.75. The third-order valence-electron chi connectivity index (χ3n) is 3.51. The Hall–Kier alpha value is -0.0800. The van der Waals surface area contributed by atoms with E-state index < -0.39 is 0 Å². The molecule has 0 atom stereocenters. The lowest BCUT2D eigenvalue weighted by Gasteiger charge is -2.32. The van der Waals surface area contributed by atoms with Gasteiger partial charge in [-0.15, -0.1) is 0 Å². The molecule has 0 aliphatic carbocycles. The van der Waals surface area contributed by atoms with E-state index in [0.717, 1.165) is 6.04 Å². The second kappa shape index (κ2) is 4.24. The maximum atomic E-state index is 2.47. The van der Waals surface area contributed by atoms with E-state index >= 15 is 0 Å². The first kappa shape index (κ1) is 8.52. The number of hydrogen-bond acceptors (Lipinski definition) is 0. The van der Waals surface area contributed by atoms with E-state index in [-0.39, 0.29) is 0 Å². The molecular formula is C10H22N2+2. The first-order valence-corrected chi connectivity index (χ1v) is 5.63. The van der Waals surface area contributed by atoms with Crippen molar-refractivity contribution >= 4 is 0 Å². The van der Waals surface area contributed by atoms with Crippen molar-refractivity contribution in [3.8, 4) is 0 Å². The highest BCUT2D eigenvalue weighted by atomic mass is 15.2. The number of hydrogen-bond donors (Lipinski definition) is 2. The lowest BCUT2D eigenvalue weighted by Crippen LogP contribution is -3.17. The highest BCUT2D eigenvalue weighted by molar-refractivity contribution is 4.60. The van der Waals surface area contributed by atoms with Crippen LogP contribution in [0.5, 0.6) is 0 Å². The van der Waals surface area contributed by atoms with Crippen LogP contribution in [0.1, 0.15) is 32.1 Å². The lowest BCUT2D eigenvalue weighted by atomic mass is 10.0. The molecule has 0 bridgehead atoms. The molecule has 0 aromatic carbocycles. The number of nitrogens with two attached hydrogens (primary N) is 1. The largest absolute Gasteiger partial charge is 0.346 e. The quantitative estimate of drug-likeness (QED) is 0.492. The molecule has 2 heteroatoms. The Morgan fingerprint density at radius 3 is 2.25 bits per heavy atom. The second-order valence-corrected chi connectivity index (χ2v) is 4.36. The molecule has 0 amide bonds. The zero-order valence-corrected chi connectivity index (χ0v) is 8.02. The Morgan fingerprint density at radius 2 is 1.58 bits per heavy atom. The molecule has 0 unspecified atom stereocenters. The Kier molecular flexibility index (Phi) is 3.01. The van der Waals surface area contributed by atoms with Gasteiger partial charge in [0, 0.05) is 12.8 Å². The Bertz CT molecular complexity index is 108. The summed E-state index contributed by atoms with van der Waals surface area (Å²) in [6.45, 7) is 5.69. The summed E-state index contributed by atoms with van der Waals surface area (Å²) in [7, 11) is 0. The highest BCUT2D eigenvalue weighted by Gasteiger charge is 2.26. The van der Waals surface area contributed by atoms with Crippen LogP contribution in [0.15, 0.2) is 0 Å². The molecule has 2 saturated heterocycles. The van der Waals surface area contributed by atoms with Gasteiger partial charge in [-0.2, -0.15) is 0 Å². The maximum absolute atomic E-state index is 2.47. The van der Waals surface area contributed by atoms with Gasteiger partial charge in [-0.3, -0.25) is 0 Å². The molecule has 2 aliphatic heterocycles. The molecule has 2 heterocycles. The standard InChI is InChI=1S/C10H20N2/c1-2-8-12(9-3-1)10-4-6-11-7-5-10/h10-11H,1-9H2/p+2. The molecule has 0 radical (unpaired) electrons. The molecule has 0 saturated carbocycles. The summed E-state index contributed by atoms with van der Waals surface area (Å²) in [6, 6.07) is 1.02. The number of likely N-dealkylation sites (tertiary alicyclic amines) is 1. The first-order chi connectivity index (χ1) is 5.97. The van der Waals surface area contributed by atoms with E-state index in [9.17, 15) is 0 Å². The van der Waals surface area contributed by atoms with Crippen molar-refractivity contribution in [2.24, 2.45) is 0 Å². The third kappa shape index (κ3) is 1.99. The fourth-order valence-corrected chi connectivity index (χ4v) is 2.75. The number of quaternary nitrogens is 2. The SMILES string of the molecule is C1CC[NH+](C2CC[NH2+]CC2)CC1. The van der Waals surface area contributed by atoms with Gasteiger partial charge >= 0.3 is 0 Å². The van der Waals surface area contributed by atoms with Gasteiger partial charge in [-0.1, -0.05) is 0 Å². The van der Waals surface area contributed by atoms with Crippen LogP contribution in [-0.4, -0.2) is 32.2 Å².